The minimum absolute atomic E-state index is 0.0870. The molecule has 0 bridgehead atoms. The average molecular weight is 296 g/mol. The molecule has 2 heterocycles. The van der Waals surface area contributed by atoms with Crippen LogP contribution in [0.3, 0.4) is 0 Å². The minimum Gasteiger partial charge on any atom is -0.360 e. The predicted molar refractivity (Wildman–Crippen MR) is 56.0 cm³/mol. The van der Waals surface area contributed by atoms with E-state index in [1.807, 2.05) is 0 Å². The summed E-state index contributed by atoms with van der Waals surface area (Å²) in [6.45, 7) is 0. The zero-order chi connectivity index (χ0) is 15.1. The number of aromatic amines is 1. The number of ketones is 1. The van der Waals surface area contributed by atoms with Gasteiger partial charge in [0, 0.05) is 35.1 Å². The maximum atomic E-state index is 12.5. The average Bonchev–Trinajstić information content (AvgIpc) is 2.68. The van der Waals surface area contributed by atoms with Gasteiger partial charge in [0.15, 0.2) is 5.78 Å². The number of alkyl halides is 6. The maximum absolute atomic E-state index is 12.5. The molecule has 0 aliphatic carbocycles. The fraction of sp³-hybridized carbons (Fsp3) is 0.273. The molecule has 9 heteroatoms. The van der Waals surface area contributed by atoms with E-state index in [1.54, 1.807) is 0 Å². The molecule has 0 amide bonds. The third-order valence-electron chi connectivity index (χ3n) is 2.67. The molecule has 1 N–H and O–H groups in total. The SMILES string of the molecule is O=C(c1c[nH]c2ccncc12)C(C(F)(F)F)C(F)(F)F. The van der Waals surface area contributed by atoms with E-state index in [4.69, 9.17) is 0 Å². The lowest BCUT2D eigenvalue weighted by Gasteiger charge is -2.21. The van der Waals surface area contributed by atoms with Crippen molar-refractivity contribution in [3.63, 3.8) is 0 Å². The third kappa shape index (κ3) is 2.47. The highest BCUT2D eigenvalue weighted by atomic mass is 19.4. The Bertz CT molecular complexity index is 628. The van der Waals surface area contributed by atoms with Gasteiger partial charge in [-0.3, -0.25) is 9.78 Å². The quantitative estimate of drug-likeness (QED) is 0.681. The Morgan fingerprint density at radius 3 is 2.30 bits per heavy atom. The number of rotatable bonds is 2. The molecule has 0 spiro atoms. The monoisotopic (exact) mass is 296 g/mol. The van der Waals surface area contributed by atoms with Crippen molar-refractivity contribution in [3.8, 4) is 0 Å². The second-order valence-corrected chi connectivity index (χ2v) is 4.00. The van der Waals surface area contributed by atoms with Crippen molar-refractivity contribution in [3.05, 3.63) is 30.2 Å². The van der Waals surface area contributed by atoms with Crippen LogP contribution < -0.4 is 0 Å². The lowest BCUT2D eigenvalue weighted by atomic mass is 9.96. The normalized spacial score (nSPS) is 13.2. The first-order valence-corrected chi connectivity index (χ1v) is 5.21. The number of pyridine rings is 1. The summed E-state index contributed by atoms with van der Waals surface area (Å²) < 4.78 is 75.0. The van der Waals surface area contributed by atoms with Crippen LogP contribution in [0.25, 0.3) is 10.9 Å². The van der Waals surface area contributed by atoms with Crippen LogP contribution >= 0.6 is 0 Å². The van der Waals surface area contributed by atoms with Crippen molar-refractivity contribution in [2.75, 3.05) is 0 Å². The van der Waals surface area contributed by atoms with Gasteiger partial charge < -0.3 is 4.98 Å². The maximum Gasteiger partial charge on any atom is 0.407 e. The van der Waals surface area contributed by atoms with Crippen LogP contribution in [0.5, 0.6) is 0 Å². The van der Waals surface area contributed by atoms with E-state index in [2.05, 4.69) is 9.97 Å². The second kappa shape index (κ2) is 4.50. The van der Waals surface area contributed by atoms with Gasteiger partial charge in [-0.1, -0.05) is 0 Å². The van der Waals surface area contributed by atoms with Gasteiger partial charge in [-0.2, -0.15) is 26.3 Å². The summed E-state index contributed by atoms with van der Waals surface area (Å²) in [5.41, 5.74) is -0.459. The highest BCUT2D eigenvalue weighted by Gasteiger charge is 2.61. The first-order chi connectivity index (χ1) is 9.12. The van der Waals surface area contributed by atoms with Crippen LogP contribution in [0.4, 0.5) is 26.3 Å². The van der Waals surface area contributed by atoms with E-state index in [-0.39, 0.29) is 10.9 Å². The van der Waals surface area contributed by atoms with Gasteiger partial charge in [0.05, 0.1) is 0 Å². The lowest BCUT2D eigenvalue weighted by molar-refractivity contribution is -0.264. The van der Waals surface area contributed by atoms with Crippen molar-refractivity contribution in [1.82, 2.24) is 9.97 Å². The summed E-state index contributed by atoms with van der Waals surface area (Å²) in [6.07, 6.45) is -8.28. The van der Waals surface area contributed by atoms with Gasteiger partial charge in [-0.05, 0) is 6.07 Å². The van der Waals surface area contributed by atoms with E-state index in [1.165, 1.54) is 12.3 Å². The van der Waals surface area contributed by atoms with Gasteiger partial charge in [-0.15, -0.1) is 0 Å². The van der Waals surface area contributed by atoms with Crippen molar-refractivity contribution in [2.45, 2.75) is 12.4 Å². The van der Waals surface area contributed by atoms with Gasteiger partial charge in [0.1, 0.15) is 0 Å². The Kier molecular flexibility index (Phi) is 3.23. The molecule has 0 fully saturated rings. The number of nitrogens with zero attached hydrogens (tertiary/aromatic N) is 1. The lowest BCUT2D eigenvalue weighted by Crippen LogP contribution is -2.42. The zero-order valence-electron chi connectivity index (χ0n) is 9.51. The summed E-state index contributed by atoms with van der Waals surface area (Å²) in [7, 11) is 0. The van der Waals surface area contributed by atoms with Crippen LogP contribution in [0.1, 0.15) is 10.4 Å². The Morgan fingerprint density at radius 2 is 1.75 bits per heavy atom. The number of halogens is 6. The number of hydrogen-bond donors (Lipinski definition) is 1. The van der Waals surface area contributed by atoms with E-state index in [0.717, 1.165) is 12.4 Å². The molecule has 108 valence electrons. The second-order valence-electron chi connectivity index (χ2n) is 4.00. The summed E-state index contributed by atoms with van der Waals surface area (Å²) in [4.78, 5) is 17.6. The molecule has 0 saturated heterocycles. The number of nitrogens with one attached hydrogen (secondary N) is 1. The molecule has 0 radical (unpaired) electrons. The Balaban J connectivity index is 2.53. The summed E-state index contributed by atoms with van der Waals surface area (Å²) in [5, 5.41) is -0.0870. The standard InChI is InChI=1S/C11H6F6N2O/c12-10(13,14)9(11(15,16)17)8(20)6-4-19-7-1-2-18-3-5(6)7/h1-4,9,19H. The zero-order valence-corrected chi connectivity index (χ0v) is 9.51. The molecule has 20 heavy (non-hydrogen) atoms. The topological polar surface area (TPSA) is 45.8 Å². The summed E-state index contributed by atoms with van der Waals surface area (Å²) in [5.74, 6) is -6.10. The smallest absolute Gasteiger partial charge is 0.360 e. The van der Waals surface area contributed by atoms with Crippen LogP contribution in [-0.4, -0.2) is 28.1 Å². The van der Waals surface area contributed by atoms with Crippen LogP contribution in [0.2, 0.25) is 0 Å². The number of aromatic nitrogens is 2. The Morgan fingerprint density at radius 1 is 1.15 bits per heavy atom. The number of hydrogen-bond acceptors (Lipinski definition) is 2. The Labute approximate surface area is 107 Å². The molecule has 2 aromatic rings. The number of carbonyl (C=O) groups is 1. The highest BCUT2D eigenvalue weighted by molar-refractivity contribution is 6.09. The molecule has 0 unspecified atom stereocenters. The fourth-order valence-electron chi connectivity index (χ4n) is 1.80. The number of Topliss-reactive ketones (excluding diaryl/α,β-unsaturated/α-hetero) is 1. The summed E-state index contributed by atoms with van der Waals surface area (Å²) >= 11 is 0. The van der Waals surface area contributed by atoms with Crippen LogP contribution in [0.15, 0.2) is 24.7 Å². The molecule has 0 aliphatic rings. The molecule has 0 saturated carbocycles. The van der Waals surface area contributed by atoms with Gasteiger partial charge in [0.2, 0.25) is 5.92 Å². The molecular weight excluding hydrogens is 290 g/mol. The highest BCUT2D eigenvalue weighted by Crippen LogP contribution is 2.41. The molecule has 0 aliphatic heterocycles. The largest absolute Gasteiger partial charge is 0.407 e. The van der Waals surface area contributed by atoms with Crippen molar-refractivity contribution >= 4 is 16.7 Å². The van der Waals surface area contributed by atoms with E-state index in [0.29, 0.717) is 0 Å². The first kappa shape index (κ1) is 14.4. The molecular formula is C11H6F6N2O. The Hall–Kier alpha value is -2.06. The molecule has 0 aromatic carbocycles. The number of H-pyrrole nitrogens is 1. The molecule has 0 atom stereocenters. The molecule has 2 aromatic heterocycles. The van der Waals surface area contributed by atoms with Crippen LogP contribution in [-0.2, 0) is 0 Å². The number of carbonyl (C=O) groups excluding carboxylic acids is 1. The minimum atomic E-state index is -5.71. The van der Waals surface area contributed by atoms with E-state index < -0.39 is 29.6 Å². The van der Waals surface area contributed by atoms with Crippen molar-refractivity contribution < 1.29 is 31.1 Å². The third-order valence-corrected chi connectivity index (χ3v) is 2.67. The van der Waals surface area contributed by atoms with Gasteiger partial charge in [-0.25, -0.2) is 0 Å². The summed E-state index contributed by atoms with van der Waals surface area (Å²) in [6, 6.07) is 1.34. The van der Waals surface area contributed by atoms with E-state index in [9.17, 15) is 31.1 Å². The van der Waals surface area contributed by atoms with Gasteiger partial charge in [0.25, 0.3) is 0 Å². The number of fused-ring (bicyclic) bond motifs is 1. The van der Waals surface area contributed by atoms with Crippen molar-refractivity contribution in [2.24, 2.45) is 5.92 Å². The first-order valence-electron chi connectivity index (χ1n) is 5.21. The van der Waals surface area contributed by atoms with Gasteiger partial charge >= 0.3 is 12.4 Å². The molecule has 2 rings (SSSR count). The predicted octanol–water partition coefficient (Wildman–Crippen LogP) is 3.49. The van der Waals surface area contributed by atoms with Crippen molar-refractivity contribution in [1.29, 1.82) is 0 Å². The van der Waals surface area contributed by atoms with Crippen LogP contribution in [0, 0.1) is 5.92 Å². The fourth-order valence-corrected chi connectivity index (χ4v) is 1.80. The molecule has 3 nitrogen and oxygen atoms in total. The van der Waals surface area contributed by atoms with E-state index >= 15 is 0 Å².